The van der Waals surface area contributed by atoms with Gasteiger partial charge in [0, 0.05) is 10.7 Å². The van der Waals surface area contributed by atoms with Gasteiger partial charge in [-0.1, -0.05) is 22.9 Å². The zero-order valence-corrected chi connectivity index (χ0v) is 17.7. The maximum atomic E-state index is 13.0. The lowest BCUT2D eigenvalue weighted by molar-refractivity contribution is -0.123. The summed E-state index contributed by atoms with van der Waals surface area (Å²) < 4.78 is 5.39. The molecule has 10 heteroatoms. The average Bonchev–Trinajstić information content (AvgIpc) is 3.25. The molecule has 0 bridgehead atoms. The van der Waals surface area contributed by atoms with Crippen molar-refractivity contribution in [3.05, 3.63) is 53.1 Å². The number of carbonyl (C=O) groups is 3. The van der Waals surface area contributed by atoms with Crippen LogP contribution in [0.2, 0.25) is 5.02 Å². The molecule has 0 unspecified atom stereocenters. The quantitative estimate of drug-likeness (QED) is 0.694. The first-order valence-electron chi connectivity index (χ1n) is 9.73. The van der Waals surface area contributed by atoms with Crippen molar-refractivity contribution in [2.24, 2.45) is 10.3 Å². The Morgan fingerprint density at radius 2 is 1.90 bits per heavy atom. The molecule has 0 aromatic heterocycles. The highest BCUT2D eigenvalue weighted by Gasteiger charge is 2.55. The van der Waals surface area contributed by atoms with Crippen LogP contribution in [0.4, 0.5) is 11.4 Å². The molecule has 0 radical (unpaired) electrons. The Balaban J connectivity index is 1.47. The van der Waals surface area contributed by atoms with Crippen molar-refractivity contribution in [1.29, 1.82) is 0 Å². The van der Waals surface area contributed by atoms with Crippen molar-refractivity contribution in [2.75, 3.05) is 23.4 Å². The van der Waals surface area contributed by atoms with Crippen molar-refractivity contribution in [3.8, 4) is 5.75 Å². The summed E-state index contributed by atoms with van der Waals surface area (Å²) in [7, 11) is 0. The van der Waals surface area contributed by atoms with Crippen LogP contribution in [0.15, 0.2) is 52.8 Å². The minimum atomic E-state index is -0.972. The molecule has 160 valence electrons. The minimum Gasteiger partial charge on any atom is -0.494 e. The number of anilines is 2. The van der Waals surface area contributed by atoms with E-state index >= 15 is 0 Å². The second-order valence-corrected chi connectivity index (χ2v) is 7.57. The van der Waals surface area contributed by atoms with Gasteiger partial charge in [0.15, 0.2) is 12.1 Å². The van der Waals surface area contributed by atoms with Crippen molar-refractivity contribution >= 4 is 40.7 Å². The molecule has 0 saturated carbocycles. The van der Waals surface area contributed by atoms with E-state index in [-0.39, 0.29) is 6.54 Å². The van der Waals surface area contributed by atoms with Gasteiger partial charge in [0.2, 0.25) is 5.91 Å². The van der Waals surface area contributed by atoms with Crippen LogP contribution in [0.5, 0.6) is 5.75 Å². The molecule has 4 rings (SSSR count). The van der Waals surface area contributed by atoms with E-state index in [1.165, 1.54) is 5.01 Å². The van der Waals surface area contributed by atoms with Crippen LogP contribution in [0.1, 0.15) is 12.5 Å². The van der Waals surface area contributed by atoms with Crippen molar-refractivity contribution in [3.63, 3.8) is 0 Å². The number of amides is 3. The molecule has 31 heavy (non-hydrogen) atoms. The standard InChI is InChI=1S/C21H20ClN5O4/c1-3-31-15-8-6-14(7-9-15)27-20(29)18-19(21(27)30)26(25-24-18)11-17(28)23-16-10-13(22)5-4-12(16)2/h4-10,18-19H,3,11H2,1-2H3,(H,23,28)/t18-,19-/m0/s1. The molecule has 0 aliphatic carbocycles. The third kappa shape index (κ3) is 3.96. The van der Waals surface area contributed by atoms with Crippen molar-refractivity contribution in [2.45, 2.75) is 25.9 Å². The first kappa shape index (κ1) is 20.8. The molecular formula is C21H20ClN5O4. The molecule has 1 saturated heterocycles. The van der Waals surface area contributed by atoms with Gasteiger partial charge in [-0.15, -0.1) is 0 Å². The third-order valence-corrected chi connectivity index (χ3v) is 5.28. The molecule has 2 aliphatic heterocycles. The molecule has 2 aromatic rings. The highest BCUT2D eigenvalue weighted by Crippen LogP contribution is 2.32. The summed E-state index contributed by atoms with van der Waals surface area (Å²) in [5.74, 6) is -0.711. The SMILES string of the molecule is CCOc1ccc(N2C(=O)[C@H]3N=NN(CC(=O)Nc4cc(Cl)ccc4C)[C@@H]3C2=O)cc1. The summed E-state index contributed by atoms with van der Waals surface area (Å²) in [6.45, 7) is 3.99. The Bertz CT molecular complexity index is 1070. The second kappa shape index (κ2) is 8.35. The zero-order valence-electron chi connectivity index (χ0n) is 16.9. The molecule has 2 atom stereocenters. The lowest BCUT2D eigenvalue weighted by Gasteiger charge is -2.20. The molecule has 0 spiro atoms. The highest BCUT2D eigenvalue weighted by atomic mass is 35.5. The summed E-state index contributed by atoms with van der Waals surface area (Å²) in [6.07, 6.45) is 0. The van der Waals surface area contributed by atoms with Gasteiger partial charge in [-0.2, -0.15) is 5.11 Å². The van der Waals surface area contributed by atoms with Crippen LogP contribution < -0.4 is 15.0 Å². The Labute approximate surface area is 183 Å². The smallest absolute Gasteiger partial charge is 0.263 e. The number of ether oxygens (including phenoxy) is 1. The maximum absolute atomic E-state index is 13.0. The number of benzene rings is 2. The van der Waals surface area contributed by atoms with Gasteiger partial charge >= 0.3 is 0 Å². The Hall–Kier alpha value is -3.46. The number of halogens is 1. The monoisotopic (exact) mass is 441 g/mol. The predicted octanol–water partition coefficient (Wildman–Crippen LogP) is 2.98. The Kier molecular flexibility index (Phi) is 5.60. The average molecular weight is 442 g/mol. The summed E-state index contributed by atoms with van der Waals surface area (Å²) >= 11 is 5.99. The fourth-order valence-electron chi connectivity index (χ4n) is 3.53. The van der Waals surface area contributed by atoms with Gasteiger partial charge in [0.05, 0.1) is 12.3 Å². The molecular weight excluding hydrogens is 422 g/mol. The van der Waals surface area contributed by atoms with Crippen LogP contribution in [-0.4, -0.2) is 48.0 Å². The van der Waals surface area contributed by atoms with E-state index in [0.29, 0.717) is 28.8 Å². The van der Waals surface area contributed by atoms with Gasteiger partial charge < -0.3 is 10.1 Å². The normalized spacial score (nSPS) is 19.7. The first-order chi connectivity index (χ1) is 14.9. The number of fused-ring (bicyclic) bond motifs is 1. The van der Waals surface area contributed by atoms with E-state index in [4.69, 9.17) is 16.3 Å². The molecule has 1 fully saturated rings. The van der Waals surface area contributed by atoms with Crippen LogP contribution in [0, 0.1) is 6.92 Å². The third-order valence-electron chi connectivity index (χ3n) is 5.04. The lowest BCUT2D eigenvalue weighted by atomic mass is 10.1. The van der Waals surface area contributed by atoms with Crippen LogP contribution in [-0.2, 0) is 14.4 Å². The van der Waals surface area contributed by atoms with Crippen molar-refractivity contribution in [1.82, 2.24) is 5.01 Å². The predicted molar refractivity (Wildman–Crippen MR) is 114 cm³/mol. The molecule has 2 heterocycles. The molecule has 3 amide bonds. The summed E-state index contributed by atoms with van der Waals surface area (Å²) in [6, 6.07) is 9.88. The number of nitrogens with one attached hydrogen (secondary N) is 1. The van der Waals surface area contributed by atoms with Gasteiger partial charge in [0.1, 0.15) is 12.3 Å². The number of imide groups is 1. The summed E-state index contributed by atoms with van der Waals surface area (Å²) in [5, 5.41) is 12.3. The van der Waals surface area contributed by atoms with E-state index in [1.54, 1.807) is 42.5 Å². The highest BCUT2D eigenvalue weighted by molar-refractivity contribution is 6.31. The fraction of sp³-hybridized carbons (Fsp3) is 0.286. The van der Waals surface area contributed by atoms with Crippen LogP contribution in [0.3, 0.4) is 0 Å². The number of nitrogens with zero attached hydrogens (tertiary/aromatic N) is 4. The molecule has 2 aromatic carbocycles. The number of carbonyl (C=O) groups excluding carboxylic acids is 3. The number of aryl methyl sites for hydroxylation is 1. The van der Waals surface area contributed by atoms with Crippen LogP contribution in [0.25, 0.3) is 0 Å². The van der Waals surface area contributed by atoms with E-state index in [2.05, 4.69) is 15.7 Å². The number of hydrogen-bond donors (Lipinski definition) is 1. The molecule has 2 aliphatic rings. The summed E-state index contributed by atoms with van der Waals surface area (Å²) in [5.41, 5.74) is 1.82. The van der Waals surface area contributed by atoms with Gasteiger partial charge in [-0.3, -0.25) is 19.4 Å². The van der Waals surface area contributed by atoms with Crippen molar-refractivity contribution < 1.29 is 19.1 Å². The van der Waals surface area contributed by atoms with Gasteiger partial charge in [-0.05, 0) is 55.8 Å². The van der Waals surface area contributed by atoms with E-state index in [1.807, 2.05) is 13.8 Å². The fourth-order valence-corrected chi connectivity index (χ4v) is 3.70. The Morgan fingerprint density at radius 1 is 1.16 bits per heavy atom. The van der Waals surface area contributed by atoms with E-state index < -0.39 is 29.8 Å². The van der Waals surface area contributed by atoms with E-state index in [9.17, 15) is 14.4 Å². The lowest BCUT2D eigenvalue weighted by Crippen LogP contribution is -2.43. The van der Waals surface area contributed by atoms with Gasteiger partial charge in [-0.25, -0.2) is 4.90 Å². The van der Waals surface area contributed by atoms with Gasteiger partial charge in [0.25, 0.3) is 11.8 Å². The zero-order chi connectivity index (χ0) is 22.1. The number of rotatable bonds is 6. The first-order valence-corrected chi connectivity index (χ1v) is 10.1. The second-order valence-electron chi connectivity index (χ2n) is 7.14. The summed E-state index contributed by atoms with van der Waals surface area (Å²) in [4.78, 5) is 39.4. The molecule has 1 N–H and O–H groups in total. The number of hydrogen-bond acceptors (Lipinski definition) is 7. The molecule has 9 nitrogen and oxygen atoms in total. The topological polar surface area (TPSA) is 104 Å². The Morgan fingerprint density at radius 3 is 2.61 bits per heavy atom. The van der Waals surface area contributed by atoms with Crippen LogP contribution >= 0.6 is 11.6 Å². The van der Waals surface area contributed by atoms with E-state index in [0.717, 1.165) is 10.5 Å². The maximum Gasteiger partial charge on any atom is 0.263 e. The largest absolute Gasteiger partial charge is 0.494 e. The minimum absolute atomic E-state index is 0.229.